The molecule has 1 amide bonds. The van der Waals surface area contributed by atoms with Crippen LogP contribution >= 0.6 is 0 Å². The van der Waals surface area contributed by atoms with E-state index in [-0.39, 0.29) is 11.8 Å². The van der Waals surface area contributed by atoms with Crippen molar-refractivity contribution in [2.24, 2.45) is 0 Å². The molecule has 1 aliphatic carbocycles. The zero-order valence-electron chi connectivity index (χ0n) is 12.0. The van der Waals surface area contributed by atoms with Gasteiger partial charge in [0.1, 0.15) is 5.75 Å². The first-order valence-corrected chi connectivity index (χ1v) is 7.33. The highest BCUT2D eigenvalue weighted by Crippen LogP contribution is 2.54. The van der Waals surface area contributed by atoms with Crippen molar-refractivity contribution >= 4 is 6.09 Å². The quantitative estimate of drug-likeness (QED) is 0.754. The molecule has 2 N–H and O–H groups in total. The molecule has 0 radical (unpaired) electrons. The summed E-state index contributed by atoms with van der Waals surface area (Å²) in [6.45, 7) is 3.91. The van der Waals surface area contributed by atoms with E-state index < -0.39 is 11.6 Å². The van der Waals surface area contributed by atoms with E-state index in [4.69, 9.17) is 0 Å². The minimum absolute atomic E-state index is 0.138. The van der Waals surface area contributed by atoms with E-state index in [1.54, 1.807) is 17.0 Å². The van der Waals surface area contributed by atoms with Gasteiger partial charge < -0.3 is 10.2 Å². The summed E-state index contributed by atoms with van der Waals surface area (Å²) < 4.78 is 0. The molecule has 4 heteroatoms. The SMILES string of the molecule is Cc1cc(O)cc2c1C(C)N(C(=O)O)C21CCCCC1. The summed E-state index contributed by atoms with van der Waals surface area (Å²) in [7, 11) is 0. The van der Waals surface area contributed by atoms with E-state index in [1.807, 2.05) is 13.8 Å². The number of phenolic OH excluding ortho intramolecular Hbond substituents is 1. The predicted octanol–water partition coefficient (Wildman–Crippen LogP) is 3.91. The Bertz CT molecular complexity index is 561. The first-order valence-electron chi connectivity index (χ1n) is 7.33. The summed E-state index contributed by atoms with van der Waals surface area (Å²) >= 11 is 0. The van der Waals surface area contributed by atoms with Crippen molar-refractivity contribution in [2.45, 2.75) is 57.5 Å². The highest BCUT2D eigenvalue weighted by Gasteiger charge is 2.52. The lowest BCUT2D eigenvalue weighted by Gasteiger charge is -2.42. The number of aromatic hydroxyl groups is 1. The van der Waals surface area contributed by atoms with E-state index in [0.717, 1.165) is 48.8 Å². The smallest absolute Gasteiger partial charge is 0.408 e. The maximum absolute atomic E-state index is 11.8. The van der Waals surface area contributed by atoms with Crippen LogP contribution in [0.25, 0.3) is 0 Å². The first kappa shape index (κ1) is 13.3. The summed E-state index contributed by atoms with van der Waals surface area (Å²) in [5, 5.41) is 19.6. The predicted molar refractivity (Wildman–Crippen MR) is 75.9 cm³/mol. The Morgan fingerprint density at radius 1 is 1.30 bits per heavy atom. The Hall–Kier alpha value is -1.71. The fraction of sp³-hybridized carbons (Fsp3) is 0.562. The molecule has 1 fully saturated rings. The standard InChI is InChI=1S/C16H21NO3/c1-10-8-12(18)9-13-14(10)11(2)17(15(19)20)16(13)6-4-3-5-7-16/h8-9,11,18H,3-7H2,1-2H3,(H,19,20). The number of hydrogen-bond donors (Lipinski definition) is 2. The number of phenols is 1. The van der Waals surface area contributed by atoms with Gasteiger partial charge in [-0.25, -0.2) is 4.79 Å². The van der Waals surface area contributed by atoms with Crippen molar-refractivity contribution < 1.29 is 15.0 Å². The maximum atomic E-state index is 11.8. The number of nitrogens with zero attached hydrogens (tertiary/aromatic N) is 1. The van der Waals surface area contributed by atoms with Crippen LogP contribution in [0.1, 0.15) is 61.8 Å². The van der Waals surface area contributed by atoms with Crippen molar-refractivity contribution in [3.05, 3.63) is 28.8 Å². The number of amides is 1. The molecular weight excluding hydrogens is 254 g/mol. The lowest BCUT2D eigenvalue weighted by atomic mass is 9.76. The molecule has 108 valence electrons. The number of carbonyl (C=O) groups is 1. The third-order valence-corrected chi connectivity index (χ3v) is 5.03. The van der Waals surface area contributed by atoms with Crippen LogP contribution in [-0.4, -0.2) is 21.2 Å². The lowest BCUT2D eigenvalue weighted by Crippen LogP contribution is -2.46. The molecule has 0 saturated heterocycles. The molecule has 2 aliphatic rings. The Morgan fingerprint density at radius 3 is 2.55 bits per heavy atom. The Morgan fingerprint density at radius 2 is 1.95 bits per heavy atom. The van der Waals surface area contributed by atoms with E-state index in [2.05, 4.69) is 0 Å². The highest BCUT2D eigenvalue weighted by atomic mass is 16.4. The summed E-state index contributed by atoms with van der Waals surface area (Å²) in [5.41, 5.74) is 2.68. The van der Waals surface area contributed by atoms with E-state index in [0.29, 0.717) is 0 Å². The van der Waals surface area contributed by atoms with Gasteiger partial charge in [0.25, 0.3) is 0 Å². The zero-order chi connectivity index (χ0) is 14.5. The van der Waals surface area contributed by atoms with Gasteiger partial charge in [-0.2, -0.15) is 0 Å². The summed E-state index contributed by atoms with van der Waals surface area (Å²) in [4.78, 5) is 13.4. The molecule has 1 aromatic rings. The first-order chi connectivity index (χ1) is 9.47. The van der Waals surface area contributed by atoms with Gasteiger partial charge in [-0.05, 0) is 55.5 Å². The second-order valence-corrected chi connectivity index (χ2v) is 6.14. The molecule has 20 heavy (non-hydrogen) atoms. The van der Waals surface area contributed by atoms with Gasteiger partial charge in [0.05, 0.1) is 11.6 Å². The minimum atomic E-state index is -0.852. The fourth-order valence-corrected chi connectivity index (χ4v) is 4.34. The average molecular weight is 275 g/mol. The van der Waals surface area contributed by atoms with Crippen LogP contribution in [0.15, 0.2) is 12.1 Å². The number of benzene rings is 1. The number of fused-ring (bicyclic) bond motifs is 2. The molecule has 1 atom stereocenters. The number of rotatable bonds is 0. The molecule has 1 heterocycles. The van der Waals surface area contributed by atoms with Crippen molar-refractivity contribution in [1.82, 2.24) is 4.90 Å². The fourth-order valence-electron chi connectivity index (χ4n) is 4.34. The van der Waals surface area contributed by atoms with Crippen LogP contribution in [0.3, 0.4) is 0 Å². The third kappa shape index (κ3) is 1.63. The third-order valence-electron chi connectivity index (χ3n) is 5.03. The summed E-state index contributed by atoms with van der Waals surface area (Å²) in [6, 6.07) is 3.38. The molecule has 1 saturated carbocycles. The van der Waals surface area contributed by atoms with Crippen LogP contribution < -0.4 is 0 Å². The molecular formula is C16H21NO3. The highest BCUT2D eigenvalue weighted by molar-refractivity contribution is 5.71. The topological polar surface area (TPSA) is 60.8 Å². The van der Waals surface area contributed by atoms with Gasteiger partial charge in [-0.1, -0.05) is 19.3 Å². The molecule has 3 rings (SSSR count). The van der Waals surface area contributed by atoms with Gasteiger partial charge in [-0.15, -0.1) is 0 Å². The van der Waals surface area contributed by atoms with Crippen LogP contribution in [0.5, 0.6) is 5.75 Å². The molecule has 1 unspecified atom stereocenters. The molecule has 4 nitrogen and oxygen atoms in total. The largest absolute Gasteiger partial charge is 0.508 e. The van der Waals surface area contributed by atoms with Gasteiger partial charge in [-0.3, -0.25) is 4.90 Å². The Labute approximate surface area is 119 Å². The van der Waals surface area contributed by atoms with E-state index in [9.17, 15) is 15.0 Å². The van der Waals surface area contributed by atoms with E-state index in [1.165, 1.54) is 0 Å². The van der Waals surface area contributed by atoms with Gasteiger partial charge >= 0.3 is 6.09 Å². The zero-order valence-corrected chi connectivity index (χ0v) is 12.0. The normalized spacial score (nSPS) is 23.9. The van der Waals surface area contributed by atoms with Crippen LogP contribution in [0.4, 0.5) is 4.79 Å². The Kier molecular flexibility index (Phi) is 2.92. The summed E-state index contributed by atoms with van der Waals surface area (Å²) in [6.07, 6.45) is 4.12. The van der Waals surface area contributed by atoms with Gasteiger partial charge in [0.2, 0.25) is 0 Å². The molecule has 1 spiro atoms. The maximum Gasteiger partial charge on any atom is 0.408 e. The number of carboxylic acid groups (broad SMARTS) is 1. The molecule has 0 aromatic heterocycles. The summed E-state index contributed by atoms with van der Waals surface area (Å²) in [5.74, 6) is 0.241. The average Bonchev–Trinajstić information content (AvgIpc) is 2.60. The molecule has 0 bridgehead atoms. The van der Waals surface area contributed by atoms with E-state index >= 15 is 0 Å². The van der Waals surface area contributed by atoms with Gasteiger partial charge in [0, 0.05) is 0 Å². The second-order valence-electron chi connectivity index (χ2n) is 6.14. The second kappa shape index (κ2) is 4.40. The monoisotopic (exact) mass is 275 g/mol. The minimum Gasteiger partial charge on any atom is -0.508 e. The molecule has 1 aromatic carbocycles. The lowest BCUT2D eigenvalue weighted by molar-refractivity contribution is 0.0404. The van der Waals surface area contributed by atoms with Crippen molar-refractivity contribution in [3.63, 3.8) is 0 Å². The number of hydrogen-bond acceptors (Lipinski definition) is 2. The molecule has 1 aliphatic heterocycles. The van der Waals surface area contributed by atoms with Crippen molar-refractivity contribution in [1.29, 1.82) is 0 Å². The Balaban J connectivity index is 2.24. The van der Waals surface area contributed by atoms with Crippen LogP contribution in [-0.2, 0) is 5.54 Å². The van der Waals surface area contributed by atoms with Crippen LogP contribution in [0, 0.1) is 6.92 Å². The number of aryl methyl sites for hydroxylation is 1. The van der Waals surface area contributed by atoms with Crippen molar-refractivity contribution in [2.75, 3.05) is 0 Å². The van der Waals surface area contributed by atoms with Gasteiger partial charge in [0.15, 0.2) is 0 Å². The van der Waals surface area contributed by atoms with Crippen molar-refractivity contribution in [3.8, 4) is 5.75 Å². The van der Waals surface area contributed by atoms with Crippen LogP contribution in [0.2, 0.25) is 0 Å².